The SMILES string of the molecule is CC1(C)COCC(=O)O1.O=C1CCOCCO1. The molecule has 0 aliphatic carbocycles. The molecule has 0 spiro atoms. The van der Waals surface area contributed by atoms with Crippen LogP contribution in [0.25, 0.3) is 0 Å². The van der Waals surface area contributed by atoms with Crippen molar-refractivity contribution in [3.05, 3.63) is 0 Å². The molecule has 2 aliphatic heterocycles. The number of ether oxygens (including phenoxy) is 4. The highest BCUT2D eigenvalue weighted by atomic mass is 16.6. The molecule has 0 aromatic heterocycles. The summed E-state index contributed by atoms with van der Waals surface area (Å²) >= 11 is 0. The van der Waals surface area contributed by atoms with Crippen molar-refractivity contribution in [1.29, 1.82) is 0 Å². The van der Waals surface area contributed by atoms with Crippen LogP contribution in [0.3, 0.4) is 0 Å². The van der Waals surface area contributed by atoms with Crippen molar-refractivity contribution in [2.75, 3.05) is 33.0 Å². The van der Waals surface area contributed by atoms with Gasteiger partial charge in [-0.25, -0.2) is 4.79 Å². The van der Waals surface area contributed by atoms with Gasteiger partial charge in [-0.1, -0.05) is 0 Å². The van der Waals surface area contributed by atoms with Crippen LogP contribution < -0.4 is 0 Å². The van der Waals surface area contributed by atoms with Gasteiger partial charge in [0.25, 0.3) is 0 Å². The van der Waals surface area contributed by atoms with Crippen LogP contribution >= 0.6 is 0 Å². The van der Waals surface area contributed by atoms with Crippen LogP contribution in [0.5, 0.6) is 0 Å². The summed E-state index contributed by atoms with van der Waals surface area (Å²) < 4.78 is 19.4. The van der Waals surface area contributed by atoms with Crippen LogP contribution in [0.2, 0.25) is 0 Å². The highest BCUT2D eigenvalue weighted by Gasteiger charge is 2.27. The first-order chi connectivity index (χ1) is 7.99. The number of carbonyl (C=O) groups excluding carboxylic acids is 2. The maximum atomic E-state index is 10.5. The molecule has 2 aliphatic rings. The molecule has 6 heteroatoms. The number of rotatable bonds is 0. The Morgan fingerprint density at radius 3 is 2.35 bits per heavy atom. The highest BCUT2D eigenvalue weighted by Crippen LogP contribution is 2.13. The van der Waals surface area contributed by atoms with Crippen LogP contribution in [-0.4, -0.2) is 50.6 Å². The third-order valence-electron chi connectivity index (χ3n) is 2.00. The minimum atomic E-state index is -0.421. The predicted molar refractivity (Wildman–Crippen MR) is 57.4 cm³/mol. The quantitative estimate of drug-likeness (QED) is 0.572. The highest BCUT2D eigenvalue weighted by molar-refractivity contribution is 5.71. The standard InChI is InChI=1S/C6H10O3.C5H8O3/c1-6(2)4-8-3-5(7)9-6;6-5-1-2-7-3-4-8-5/h3-4H2,1-2H3;1-4H2. The van der Waals surface area contributed by atoms with Gasteiger partial charge >= 0.3 is 11.9 Å². The molecule has 0 bridgehead atoms. The average Bonchev–Trinajstić information content (AvgIpc) is 2.44. The first-order valence-corrected chi connectivity index (χ1v) is 5.52. The van der Waals surface area contributed by atoms with E-state index in [4.69, 9.17) is 14.2 Å². The van der Waals surface area contributed by atoms with E-state index in [1.807, 2.05) is 13.8 Å². The smallest absolute Gasteiger partial charge is 0.332 e. The van der Waals surface area contributed by atoms with Gasteiger partial charge < -0.3 is 18.9 Å². The van der Waals surface area contributed by atoms with E-state index in [1.165, 1.54) is 0 Å². The Balaban J connectivity index is 0.000000171. The van der Waals surface area contributed by atoms with Gasteiger partial charge in [-0.3, -0.25) is 4.79 Å². The van der Waals surface area contributed by atoms with E-state index in [9.17, 15) is 9.59 Å². The topological polar surface area (TPSA) is 71.1 Å². The van der Waals surface area contributed by atoms with Crippen LogP contribution in [0.4, 0.5) is 0 Å². The molecule has 0 aromatic rings. The van der Waals surface area contributed by atoms with Crippen molar-refractivity contribution in [1.82, 2.24) is 0 Å². The Kier molecular flexibility index (Phi) is 5.37. The molecule has 98 valence electrons. The van der Waals surface area contributed by atoms with Gasteiger partial charge in [-0.2, -0.15) is 0 Å². The van der Waals surface area contributed by atoms with Crippen LogP contribution in [0, 0.1) is 0 Å². The Morgan fingerprint density at radius 2 is 1.76 bits per heavy atom. The molecular weight excluding hydrogens is 228 g/mol. The number of hydrogen-bond donors (Lipinski definition) is 0. The first kappa shape index (κ1) is 13.9. The fourth-order valence-electron chi connectivity index (χ4n) is 1.29. The van der Waals surface area contributed by atoms with Gasteiger partial charge in [-0.15, -0.1) is 0 Å². The van der Waals surface area contributed by atoms with E-state index in [-0.39, 0.29) is 18.5 Å². The minimum absolute atomic E-state index is 0.101. The lowest BCUT2D eigenvalue weighted by molar-refractivity contribution is -0.183. The monoisotopic (exact) mass is 246 g/mol. The third-order valence-corrected chi connectivity index (χ3v) is 2.00. The number of cyclic esters (lactones) is 2. The normalized spacial score (nSPS) is 23.6. The molecule has 2 fully saturated rings. The largest absolute Gasteiger partial charge is 0.463 e. The molecule has 2 heterocycles. The van der Waals surface area contributed by atoms with Gasteiger partial charge in [0.2, 0.25) is 0 Å². The van der Waals surface area contributed by atoms with Gasteiger partial charge in [-0.05, 0) is 13.8 Å². The zero-order valence-electron chi connectivity index (χ0n) is 10.2. The van der Waals surface area contributed by atoms with Gasteiger partial charge in [0.1, 0.15) is 18.8 Å². The summed E-state index contributed by atoms with van der Waals surface area (Å²) in [5.74, 6) is -0.422. The van der Waals surface area contributed by atoms with Crippen molar-refractivity contribution >= 4 is 11.9 Å². The Bertz CT molecular complexity index is 263. The molecule has 2 rings (SSSR count). The molecule has 0 amide bonds. The zero-order chi connectivity index (χ0) is 12.7. The molecule has 0 aromatic carbocycles. The first-order valence-electron chi connectivity index (χ1n) is 5.52. The lowest BCUT2D eigenvalue weighted by Gasteiger charge is -2.28. The predicted octanol–water partition coefficient (Wildman–Crippen LogP) is 0.288. The number of hydrogen-bond acceptors (Lipinski definition) is 6. The van der Waals surface area contributed by atoms with Gasteiger partial charge in [0, 0.05) is 0 Å². The van der Waals surface area contributed by atoms with E-state index in [1.54, 1.807) is 0 Å². The molecule has 6 nitrogen and oxygen atoms in total. The fourth-order valence-corrected chi connectivity index (χ4v) is 1.29. The Morgan fingerprint density at radius 1 is 1.00 bits per heavy atom. The summed E-state index contributed by atoms with van der Waals surface area (Å²) in [6, 6.07) is 0. The molecule has 0 saturated carbocycles. The third kappa shape index (κ3) is 6.23. The molecule has 2 saturated heterocycles. The van der Waals surface area contributed by atoms with Crippen molar-refractivity contribution in [3.63, 3.8) is 0 Å². The van der Waals surface area contributed by atoms with Crippen molar-refractivity contribution < 1.29 is 28.5 Å². The van der Waals surface area contributed by atoms with E-state index in [0.717, 1.165) is 0 Å². The summed E-state index contributed by atoms with van der Waals surface area (Å²) in [7, 11) is 0. The van der Waals surface area contributed by atoms with E-state index in [2.05, 4.69) is 4.74 Å². The zero-order valence-corrected chi connectivity index (χ0v) is 10.2. The maximum absolute atomic E-state index is 10.5. The molecule has 0 atom stereocenters. The van der Waals surface area contributed by atoms with E-state index >= 15 is 0 Å². The minimum Gasteiger partial charge on any atom is -0.463 e. The Hall–Kier alpha value is -1.14. The molecular formula is C11H18O6. The average molecular weight is 246 g/mol. The lowest BCUT2D eigenvalue weighted by atomic mass is 10.1. The second kappa shape index (κ2) is 6.56. The van der Waals surface area contributed by atoms with E-state index in [0.29, 0.717) is 32.8 Å². The van der Waals surface area contributed by atoms with Crippen molar-refractivity contribution in [3.8, 4) is 0 Å². The number of carbonyl (C=O) groups is 2. The lowest BCUT2D eigenvalue weighted by Crippen LogP contribution is -2.40. The second-order valence-corrected chi connectivity index (χ2v) is 4.31. The summed E-state index contributed by atoms with van der Waals surface area (Å²) in [5.41, 5.74) is -0.421. The summed E-state index contributed by atoms with van der Waals surface area (Å²) in [6.07, 6.45) is 0.403. The van der Waals surface area contributed by atoms with E-state index < -0.39 is 5.60 Å². The van der Waals surface area contributed by atoms with Crippen LogP contribution in [0.1, 0.15) is 20.3 Å². The maximum Gasteiger partial charge on any atom is 0.332 e. The molecule has 0 N–H and O–H groups in total. The van der Waals surface area contributed by atoms with Gasteiger partial charge in [0.15, 0.2) is 0 Å². The second-order valence-electron chi connectivity index (χ2n) is 4.31. The van der Waals surface area contributed by atoms with Crippen molar-refractivity contribution in [2.45, 2.75) is 25.9 Å². The Labute approximate surface area is 100 Å². The van der Waals surface area contributed by atoms with Crippen molar-refractivity contribution in [2.24, 2.45) is 0 Å². The number of esters is 2. The fraction of sp³-hybridized carbons (Fsp3) is 0.818. The molecule has 0 unspecified atom stereocenters. The van der Waals surface area contributed by atoms with Crippen LogP contribution in [-0.2, 0) is 28.5 Å². The molecule has 0 radical (unpaired) electrons. The summed E-state index contributed by atoms with van der Waals surface area (Å²) in [6.45, 7) is 5.72. The van der Waals surface area contributed by atoms with Crippen LogP contribution in [0.15, 0.2) is 0 Å². The van der Waals surface area contributed by atoms with Gasteiger partial charge in [0.05, 0.1) is 26.2 Å². The molecule has 17 heavy (non-hydrogen) atoms. The summed E-state index contributed by atoms with van der Waals surface area (Å²) in [4.78, 5) is 20.9. The summed E-state index contributed by atoms with van der Waals surface area (Å²) in [5, 5.41) is 0.